The molecule has 0 atom stereocenters. The lowest BCUT2D eigenvalue weighted by Crippen LogP contribution is -2.28. The second-order valence-electron chi connectivity index (χ2n) is 4.15. The van der Waals surface area contributed by atoms with Gasteiger partial charge in [0.05, 0.1) is 6.61 Å². The van der Waals surface area contributed by atoms with Gasteiger partial charge < -0.3 is 15.0 Å². The van der Waals surface area contributed by atoms with Gasteiger partial charge in [0.25, 0.3) is 0 Å². The molecule has 0 spiro atoms. The Morgan fingerprint density at radius 3 is 2.56 bits per heavy atom. The molecule has 1 aromatic rings. The molecule has 0 unspecified atom stereocenters. The third-order valence-corrected chi connectivity index (χ3v) is 2.84. The van der Waals surface area contributed by atoms with E-state index < -0.39 is 0 Å². The molecule has 0 aliphatic rings. The molecule has 1 rings (SSSR count). The first-order chi connectivity index (χ1) is 8.77. The Labute approximate surface area is 109 Å². The molecule has 4 heteroatoms. The van der Waals surface area contributed by atoms with Crippen molar-refractivity contribution in [2.24, 2.45) is 0 Å². The summed E-state index contributed by atoms with van der Waals surface area (Å²) in [6, 6.07) is 6.68. The molecule has 0 aliphatic heterocycles. The maximum Gasteiger partial charge on any atom is 0.123 e. The molecule has 1 N–H and O–H groups in total. The van der Waals surface area contributed by atoms with Gasteiger partial charge >= 0.3 is 0 Å². The van der Waals surface area contributed by atoms with E-state index in [0.29, 0.717) is 0 Å². The van der Waals surface area contributed by atoms with E-state index in [1.807, 2.05) is 12.1 Å². The van der Waals surface area contributed by atoms with Crippen LogP contribution in [0.4, 0.5) is 10.1 Å². The number of ether oxygens (including phenoxy) is 1. The van der Waals surface area contributed by atoms with E-state index in [0.717, 1.165) is 44.9 Å². The highest BCUT2D eigenvalue weighted by Gasteiger charge is 2.03. The number of nitrogens with one attached hydrogen (secondary N) is 1. The van der Waals surface area contributed by atoms with E-state index in [1.54, 1.807) is 7.11 Å². The maximum atomic E-state index is 12.8. The van der Waals surface area contributed by atoms with Crippen LogP contribution in [0.25, 0.3) is 0 Å². The molecule has 0 radical (unpaired) electrons. The summed E-state index contributed by atoms with van der Waals surface area (Å²) < 4.78 is 17.8. The van der Waals surface area contributed by atoms with Gasteiger partial charge in [-0.3, -0.25) is 0 Å². The standard InChI is InChI=1S/C14H23FN2O/c1-3-17(11-4-9-16-10-12-18-2)14-7-5-13(15)6-8-14/h5-8,16H,3-4,9-12H2,1-2H3. The molecule has 1 aromatic carbocycles. The summed E-state index contributed by atoms with van der Waals surface area (Å²) in [7, 11) is 1.70. The predicted octanol–water partition coefficient (Wildman–Crippen LogP) is 2.28. The first-order valence-electron chi connectivity index (χ1n) is 6.48. The highest BCUT2D eigenvalue weighted by Crippen LogP contribution is 2.14. The van der Waals surface area contributed by atoms with E-state index >= 15 is 0 Å². The smallest absolute Gasteiger partial charge is 0.123 e. The largest absolute Gasteiger partial charge is 0.383 e. The van der Waals surface area contributed by atoms with E-state index in [-0.39, 0.29) is 5.82 Å². The Morgan fingerprint density at radius 1 is 1.22 bits per heavy atom. The number of methoxy groups -OCH3 is 1. The van der Waals surface area contributed by atoms with Crippen molar-refractivity contribution in [1.29, 1.82) is 0 Å². The summed E-state index contributed by atoms with van der Waals surface area (Å²) in [5.41, 5.74) is 1.08. The summed E-state index contributed by atoms with van der Waals surface area (Å²) in [4.78, 5) is 2.25. The maximum absolute atomic E-state index is 12.8. The number of rotatable bonds is 9. The fraction of sp³-hybridized carbons (Fsp3) is 0.571. The van der Waals surface area contributed by atoms with Gasteiger partial charge in [-0.2, -0.15) is 0 Å². The Balaban J connectivity index is 2.27. The SMILES string of the molecule is CCN(CCCNCCOC)c1ccc(F)cc1. The molecule has 0 amide bonds. The number of nitrogens with zero attached hydrogens (tertiary/aromatic N) is 1. The molecule has 0 heterocycles. The van der Waals surface area contributed by atoms with Gasteiger partial charge in [-0.05, 0) is 44.2 Å². The molecular weight excluding hydrogens is 231 g/mol. The van der Waals surface area contributed by atoms with Crippen molar-refractivity contribution in [2.75, 3.05) is 44.8 Å². The van der Waals surface area contributed by atoms with Gasteiger partial charge in [0.15, 0.2) is 0 Å². The quantitative estimate of drug-likeness (QED) is 0.684. The molecule has 0 aromatic heterocycles. The van der Waals surface area contributed by atoms with Crippen LogP contribution in [0.2, 0.25) is 0 Å². The van der Waals surface area contributed by atoms with Gasteiger partial charge in [-0.15, -0.1) is 0 Å². The van der Waals surface area contributed by atoms with Gasteiger partial charge in [0.1, 0.15) is 5.82 Å². The summed E-state index contributed by atoms with van der Waals surface area (Å²) >= 11 is 0. The zero-order valence-electron chi connectivity index (χ0n) is 11.3. The van der Waals surface area contributed by atoms with Crippen LogP contribution in [0, 0.1) is 5.82 Å². The Bertz CT molecular complexity index is 316. The first kappa shape index (κ1) is 14.9. The molecule has 102 valence electrons. The third kappa shape index (κ3) is 5.47. The average molecular weight is 254 g/mol. The molecule has 18 heavy (non-hydrogen) atoms. The van der Waals surface area contributed by atoms with Crippen LogP contribution in [0.15, 0.2) is 24.3 Å². The molecular formula is C14H23FN2O. The van der Waals surface area contributed by atoms with Crippen molar-refractivity contribution in [3.63, 3.8) is 0 Å². The number of hydrogen-bond donors (Lipinski definition) is 1. The highest BCUT2D eigenvalue weighted by molar-refractivity contribution is 5.45. The van der Waals surface area contributed by atoms with Crippen molar-refractivity contribution >= 4 is 5.69 Å². The van der Waals surface area contributed by atoms with Crippen LogP contribution in [0.1, 0.15) is 13.3 Å². The topological polar surface area (TPSA) is 24.5 Å². The molecule has 0 saturated carbocycles. The minimum absolute atomic E-state index is 0.184. The number of anilines is 1. The Kier molecular flexibility index (Phi) is 7.37. The minimum Gasteiger partial charge on any atom is -0.383 e. The van der Waals surface area contributed by atoms with Gasteiger partial charge in [0, 0.05) is 32.4 Å². The van der Waals surface area contributed by atoms with Crippen LogP contribution in [0.5, 0.6) is 0 Å². The van der Waals surface area contributed by atoms with E-state index in [2.05, 4.69) is 17.1 Å². The lowest BCUT2D eigenvalue weighted by molar-refractivity contribution is 0.199. The van der Waals surface area contributed by atoms with Crippen molar-refractivity contribution < 1.29 is 9.13 Å². The van der Waals surface area contributed by atoms with Crippen LogP contribution in [0.3, 0.4) is 0 Å². The summed E-state index contributed by atoms with van der Waals surface area (Å²) in [6.07, 6.45) is 1.06. The van der Waals surface area contributed by atoms with Crippen molar-refractivity contribution in [3.8, 4) is 0 Å². The van der Waals surface area contributed by atoms with Crippen LogP contribution < -0.4 is 10.2 Å². The van der Waals surface area contributed by atoms with E-state index in [9.17, 15) is 4.39 Å². The summed E-state index contributed by atoms with van der Waals surface area (Å²) in [5.74, 6) is -0.184. The third-order valence-electron chi connectivity index (χ3n) is 2.84. The monoisotopic (exact) mass is 254 g/mol. The first-order valence-corrected chi connectivity index (χ1v) is 6.48. The molecule has 0 bridgehead atoms. The van der Waals surface area contributed by atoms with Gasteiger partial charge in [-0.1, -0.05) is 0 Å². The zero-order chi connectivity index (χ0) is 13.2. The fourth-order valence-corrected chi connectivity index (χ4v) is 1.82. The molecule has 3 nitrogen and oxygen atoms in total. The van der Waals surface area contributed by atoms with Crippen molar-refractivity contribution in [1.82, 2.24) is 5.32 Å². The number of hydrogen-bond acceptors (Lipinski definition) is 3. The fourth-order valence-electron chi connectivity index (χ4n) is 1.82. The van der Waals surface area contributed by atoms with Crippen LogP contribution in [-0.4, -0.2) is 39.9 Å². The second kappa shape index (κ2) is 8.89. The molecule has 0 aliphatic carbocycles. The zero-order valence-corrected chi connectivity index (χ0v) is 11.3. The van der Waals surface area contributed by atoms with Gasteiger partial charge in [-0.25, -0.2) is 4.39 Å². The van der Waals surface area contributed by atoms with Crippen LogP contribution in [-0.2, 0) is 4.74 Å². The van der Waals surface area contributed by atoms with Gasteiger partial charge in [0.2, 0.25) is 0 Å². The average Bonchev–Trinajstić information content (AvgIpc) is 2.39. The van der Waals surface area contributed by atoms with Crippen molar-refractivity contribution in [2.45, 2.75) is 13.3 Å². The predicted molar refractivity (Wildman–Crippen MR) is 73.6 cm³/mol. The number of halogens is 1. The molecule has 0 fully saturated rings. The van der Waals surface area contributed by atoms with E-state index in [4.69, 9.17) is 4.74 Å². The molecule has 0 saturated heterocycles. The Morgan fingerprint density at radius 2 is 1.94 bits per heavy atom. The number of benzene rings is 1. The van der Waals surface area contributed by atoms with E-state index in [1.165, 1.54) is 12.1 Å². The summed E-state index contributed by atoms with van der Waals surface area (Å²) in [6.45, 7) is 6.63. The second-order valence-corrected chi connectivity index (χ2v) is 4.15. The van der Waals surface area contributed by atoms with Crippen LogP contribution >= 0.6 is 0 Å². The van der Waals surface area contributed by atoms with Crippen molar-refractivity contribution in [3.05, 3.63) is 30.1 Å². The summed E-state index contributed by atoms with van der Waals surface area (Å²) in [5, 5.41) is 3.31. The highest BCUT2D eigenvalue weighted by atomic mass is 19.1. The normalized spacial score (nSPS) is 10.6. The lowest BCUT2D eigenvalue weighted by atomic mass is 10.2. The Hall–Kier alpha value is -1.13. The minimum atomic E-state index is -0.184. The lowest BCUT2D eigenvalue weighted by Gasteiger charge is -2.23.